The number of hydrogen-bond acceptors (Lipinski definition) is 3. The molecule has 1 atom stereocenters. The lowest BCUT2D eigenvalue weighted by molar-refractivity contribution is -0.131. The molecule has 0 aromatic heterocycles. The van der Waals surface area contributed by atoms with Crippen molar-refractivity contribution >= 4 is 5.91 Å². The molecule has 1 heterocycles. The molecule has 4 heteroatoms. The lowest BCUT2D eigenvalue weighted by Gasteiger charge is -2.25. The summed E-state index contributed by atoms with van der Waals surface area (Å²) in [5, 5.41) is 3.54. The molecule has 1 unspecified atom stereocenters. The number of carbonyl (C=O) groups is 1. The van der Waals surface area contributed by atoms with Crippen molar-refractivity contribution in [2.24, 2.45) is 11.8 Å². The van der Waals surface area contributed by atoms with Crippen LogP contribution in [0.2, 0.25) is 0 Å². The summed E-state index contributed by atoms with van der Waals surface area (Å²) >= 11 is 0. The normalized spacial score (nSPS) is 25.1. The van der Waals surface area contributed by atoms with Crippen LogP contribution in [0.5, 0.6) is 0 Å². The van der Waals surface area contributed by atoms with Gasteiger partial charge < -0.3 is 9.64 Å². The highest BCUT2D eigenvalue weighted by Crippen LogP contribution is 2.42. The number of nitrogens with zero attached hydrogens (tertiary/aromatic N) is 1. The largest absolute Gasteiger partial charge is 0.379 e. The van der Waals surface area contributed by atoms with Crippen LogP contribution in [0.1, 0.15) is 47.0 Å². The smallest absolute Gasteiger partial charge is 0.244 e. The van der Waals surface area contributed by atoms with E-state index in [9.17, 15) is 4.79 Å². The summed E-state index contributed by atoms with van der Waals surface area (Å²) in [6.07, 6.45) is 3.24. The van der Waals surface area contributed by atoms with E-state index in [1.165, 1.54) is 0 Å². The Balaban J connectivity index is 1.85. The van der Waals surface area contributed by atoms with Crippen molar-refractivity contribution in [3.63, 3.8) is 0 Å². The zero-order valence-corrected chi connectivity index (χ0v) is 12.7. The molecule has 19 heavy (non-hydrogen) atoms. The molecule has 110 valence electrons. The summed E-state index contributed by atoms with van der Waals surface area (Å²) in [4.78, 5) is 14.4. The van der Waals surface area contributed by atoms with Crippen LogP contribution in [0.15, 0.2) is 0 Å². The Kier molecular flexibility index (Phi) is 4.51. The van der Waals surface area contributed by atoms with Crippen molar-refractivity contribution in [3.8, 4) is 0 Å². The van der Waals surface area contributed by atoms with Gasteiger partial charge in [0.2, 0.25) is 5.91 Å². The minimum atomic E-state index is -0.197. The number of nitrogens with one attached hydrogen (secondary N) is 1. The summed E-state index contributed by atoms with van der Waals surface area (Å²) in [6, 6.07) is 0. The fourth-order valence-electron chi connectivity index (χ4n) is 2.73. The maximum atomic E-state index is 12.4. The fraction of sp³-hybridized carbons (Fsp3) is 0.933. The van der Waals surface area contributed by atoms with Crippen LogP contribution in [0.25, 0.3) is 0 Å². The van der Waals surface area contributed by atoms with Crippen LogP contribution < -0.4 is 5.32 Å². The fourth-order valence-corrected chi connectivity index (χ4v) is 2.73. The monoisotopic (exact) mass is 268 g/mol. The van der Waals surface area contributed by atoms with E-state index in [0.717, 1.165) is 32.4 Å². The Bertz CT molecular complexity index is 324. The van der Waals surface area contributed by atoms with E-state index in [0.29, 0.717) is 24.3 Å². The second kappa shape index (κ2) is 5.80. The summed E-state index contributed by atoms with van der Waals surface area (Å²) < 4.78 is 5.63. The van der Waals surface area contributed by atoms with Gasteiger partial charge in [-0.3, -0.25) is 10.1 Å². The second-order valence-corrected chi connectivity index (χ2v) is 6.84. The minimum Gasteiger partial charge on any atom is -0.379 e. The molecule has 1 spiro atoms. The van der Waals surface area contributed by atoms with Crippen LogP contribution in [-0.2, 0) is 9.53 Å². The van der Waals surface area contributed by atoms with E-state index in [1.807, 2.05) is 4.90 Å². The van der Waals surface area contributed by atoms with Crippen LogP contribution in [-0.4, -0.2) is 42.3 Å². The van der Waals surface area contributed by atoms with Crippen LogP contribution in [0.4, 0.5) is 0 Å². The molecule has 4 nitrogen and oxygen atoms in total. The Hall–Kier alpha value is -0.610. The molecule has 0 bridgehead atoms. The molecule has 0 aromatic carbocycles. The van der Waals surface area contributed by atoms with E-state index in [4.69, 9.17) is 4.74 Å². The summed E-state index contributed by atoms with van der Waals surface area (Å²) in [5.41, 5.74) is -0.197. The van der Waals surface area contributed by atoms with Crippen LogP contribution in [0.3, 0.4) is 0 Å². The quantitative estimate of drug-likeness (QED) is 0.718. The van der Waals surface area contributed by atoms with Gasteiger partial charge in [-0.25, -0.2) is 0 Å². The average molecular weight is 268 g/mol. The average Bonchev–Trinajstić information content (AvgIpc) is 3.02. The van der Waals surface area contributed by atoms with Crippen molar-refractivity contribution < 1.29 is 9.53 Å². The van der Waals surface area contributed by atoms with Gasteiger partial charge in [0.05, 0.1) is 18.3 Å². The molecule has 1 aliphatic carbocycles. The highest BCUT2D eigenvalue weighted by atomic mass is 16.5. The first-order valence-corrected chi connectivity index (χ1v) is 7.61. The molecule has 1 saturated heterocycles. The van der Waals surface area contributed by atoms with Crippen molar-refractivity contribution in [2.45, 2.75) is 58.7 Å². The predicted octanol–water partition coefficient (Wildman–Crippen LogP) is 2.00. The molecule has 2 rings (SSSR count). The first kappa shape index (κ1) is 14.8. The third-order valence-electron chi connectivity index (χ3n) is 3.86. The van der Waals surface area contributed by atoms with E-state index < -0.39 is 0 Å². The molecule has 1 N–H and O–H groups in total. The second-order valence-electron chi connectivity index (χ2n) is 6.84. The van der Waals surface area contributed by atoms with Crippen LogP contribution >= 0.6 is 0 Å². The molecule has 1 amide bonds. The highest BCUT2D eigenvalue weighted by molar-refractivity contribution is 5.91. The van der Waals surface area contributed by atoms with Crippen molar-refractivity contribution in [1.29, 1.82) is 0 Å². The molecule has 0 aromatic rings. The zero-order valence-electron chi connectivity index (χ0n) is 12.7. The SMILES string of the molecule is CC(C)COCCN1C(=O)C2(CC2)NC1CC(C)C. The zero-order chi connectivity index (χ0) is 14.0. The van der Waals surface area contributed by atoms with E-state index >= 15 is 0 Å². The van der Waals surface area contributed by atoms with Gasteiger partial charge in [-0.05, 0) is 31.1 Å². The lowest BCUT2D eigenvalue weighted by Crippen LogP contribution is -2.40. The van der Waals surface area contributed by atoms with Crippen LogP contribution in [0, 0.1) is 11.8 Å². The molecule has 2 aliphatic rings. The van der Waals surface area contributed by atoms with Gasteiger partial charge >= 0.3 is 0 Å². The Morgan fingerprint density at radius 1 is 1.32 bits per heavy atom. The Labute approximate surface area is 116 Å². The predicted molar refractivity (Wildman–Crippen MR) is 75.7 cm³/mol. The number of rotatable bonds is 7. The third kappa shape index (κ3) is 3.48. The number of amides is 1. The van der Waals surface area contributed by atoms with E-state index in [2.05, 4.69) is 33.0 Å². The van der Waals surface area contributed by atoms with Gasteiger partial charge in [-0.1, -0.05) is 27.7 Å². The van der Waals surface area contributed by atoms with Gasteiger partial charge in [0, 0.05) is 13.2 Å². The highest BCUT2D eigenvalue weighted by Gasteiger charge is 2.58. The third-order valence-corrected chi connectivity index (χ3v) is 3.86. The maximum Gasteiger partial charge on any atom is 0.244 e. The van der Waals surface area contributed by atoms with Crippen molar-refractivity contribution in [2.75, 3.05) is 19.8 Å². The van der Waals surface area contributed by atoms with Gasteiger partial charge in [0.15, 0.2) is 0 Å². The van der Waals surface area contributed by atoms with E-state index in [1.54, 1.807) is 0 Å². The summed E-state index contributed by atoms with van der Waals surface area (Å²) in [5.74, 6) is 1.44. The van der Waals surface area contributed by atoms with Gasteiger partial charge in [0.1, 0.15) is 0 Å². The first-order valence-electron chi connectivity index (χ1n) is 7.61. The lowest BCUT2D eigenvalue weighted by atomic mass is 10.1. The van der Waals surface area contributed by atoms with Gasteiger partial charge in [-0.2, -0.15) is 0 Å². The number of hydrogen-bond donors (Lipinski definition) is 1. The van der Waals surface area contributed by atoms with Gasteiger partial charge in [-0.15, -0.1) is 0 Å². The van der Waals surface area contributed by atoms with E-state index in [-0.39, 0.29) is 11.7 Å². The van der Waals surface area contributed by atoms with Gasteiger partial charge in [0.25, 0.3) is 0 Å². The molecule has 2 fully saturated rings. The molecule has 1 saturated carbocycles. The maximum absolute atomic E-state index is 12.4. The Morgan fingerprint density at radius 2 is 2.00 bits per heavy atom. The summed E-state index contributed by atoms with van der Waals surface area (Å²) in [6.45, 7) is 10.8. The summed E-state index contributed by atoms with van der Waals surface area (Å²) in [7, 11) is 0. The molecular weight excluding hydrogens is 240 g/mol. The van der Waals surface area contributed by atoms with Crippen molar-refractivity contribution in [3.05, 3.63) is 0 Å². The first-order chi connectivity index (χ1) is 8.94. The Morgan fingerprint density at radius 3 is 2.53 bits per heavy atom. The topological polar surface area (TPSA) is 41.6 Å². The molecule has 1 aliphatic heterocycles. The number of ether oxygens (including phenoxy) is 1. The van der Waals surface area contributed by atoms with Crippen molar-refractivity contribution in [1.82, 2.24) is 10.2 Å². The molecule has 0 radical (unpaired) electrons. The number of carbonyl (C=O) groups excluding carboxylic acids is 1. The molecular formula is C15H28N2O2. The minimum absolute atomic E-state index is 0.197. The standard InChI is InChI=1S/C15H28N2O2/c1-11(2)9-13-16-15(5-6-15)14(18)17(13)7-8-19-10-12(3)4/h11-13,16H,5-10H2,1-4H3.